The molecule has 206 valence electrons. The SMILES string of the molecule is c1ccc(-c2nc(-c3cccc4oc5cnccc5c34)nc(-n3c4ccccc4c4c(-c5ccccc5)cccc43)n2)cc1. The smallest absolute Gasteiger partial charge is 0.238 e. The Labute approximate surface area is 251 Å². The Morgan fingerprint density at radius 1 is 0.477 bits per heavy atom. The summed E-state index contributed by atoms with van der Waals surface area (Å²) in [6.45, 7) is 0. The molecule has 0 aliphatic heterocycles. The maximum atomic E-state index is 6.16. The van der Waals surface area contributed by atoms with E-state index in [0.29, 0.717) is 17.6 Å². The van der Waals surface area contributed by atoms with Crippen LogP contribution in [-0.4, -0.2) is 24.5 Å². The van der Waals surface area contributed by atoms with Crippen molar-refractivity contribution in [3.05, 3.63) is 140 Å². The average Bonchev–Trinajstić information content (AvgIpc) is 3.65. The molecule has 0 radical (unpaired) electrons. The number of pyridine rings is 1. The second-order valence-electron chi connectivity index (χ2n) is 10.7. The highest BCUT2D eigenvalue weighted by Gasteiger charge is 2.21. The van der Waals surface area contributed by atoms with E-state index >= 15 is 0 Å². The molecule has 0 atom stereocenters. The summed E-state index contributed by atoms with van der Waals surface area (Å²) in [6, 6.07) is 43.4. The largest absolute Gasteiger partial charge is 0.454 e. The van der Waals surface area contributed by atoms with Crippen molar-refractivity contribution in [3.8, 4) is 39.9 Å². The Bertz CT molecular complexity index is 2500. The maximum absolute atomic E-state index is 6.16. The minimum absolute atomic E-state index is 0.553. The topological polar surface area (TPSA) is 69.6 Å². The first kappa shape index (κ1) is 24.5. The summed E-state index contributed by atoms with van der Waals surface area (Å²) in [5.41, 5.74) is 7.66. The molecule has 5 aromatic carbocycles. The van der Waals surface area contributed by atoms with Crippen LogP contribution in [0, 0.1) is 0 Å². The van der Waals surface area contributed by atoms with Gasteiger partial charge in [-0.25, -0.2) is 4.98 Å². The predicted molar refractivity (Wildman–Crippen MR) is 176 cm³/mol. The summed E-state index contributed by atoms with van der Waals surface area (Å²) in [5.74, 6) is 1.73. The second-order valence-corrected chi connectivity index (χ2v) is 10.7. The summed E-state index contributed by atoms with van der Waals surface area (Å²) >= 11 is 0. The number of aromatic nitrogens is 5. The number of hydrogen-bond acceptors (Lipinski definition) is 5. The van der Waals surface area contributed by atoms with Crippen LogP contribution < -0.4 is 0 Å². The lowest BCUT2D eigenvalue weighted by molar-refractivity contribution is 0.667. The quantitative estimate of drug-likeness (QED) is 0.213. The molecule has 4 heterocycles. The normalized spacial score (nSPS) is 11.6. The lowest BCUT2D eigenvalue weighted by Crippen LogP contribution is -2.06. The number of rotatable bonds is 4. The molecule has 0 saturated heterocycles. The molecule has 9 rings (SSSR count). The van der Waals surface area contributed by atoms with E-state index in [1.165, 1.54) is 5.56 Å². The van der Waals surface area contributed by atoms with Gasteiger partial charge in [-0.15, -0.1) is 0 Å². The first-order chi connectivity index (χ1) is 21.8. The van der Waals surface area contributed by atoms with Crippen molar-refractivity contribution in [2.75, 3.05) is 0 Å². The van der Waals surface area contributed by atoms with Crippen LogP contribution in [-0.2, 0) is 0 Å². The van der Waals surface area contributed by atoms with Gasteiger partial charge in [0, 0.05) is 38.9 Å². The molecule has 0 N–H and O–H groups in total. The van der Waals surface area contributed by atoms with E-state index < -0.39 is 0 Å². The number of nitrogens with zero attached hydrogens (tertiary/aromatic N) is 5. The first-order valence-electron chi connectivity index (χ1n) is 14.5. The zero-order valence-electron chi connectivity index (χ0n) is 23.4. The van der Waals surface area contributed by atoms with E-state index in [-0.39, 0.29) is 0 Å². The first-order valence-corrected chi connectivity index (χ1v) is 14.5. The van der Waals surface area contributed by atoms with Gasteiger partial charge in [-0.3, -0.25) is 9.55 Å². The Hall–Kier alpha value is -6.14. The molecular formula is C38H23N5O. The van der Waals surface area contributed by atoms with Crippen LogP contribution in [0.15, 0.2) is 144 Å². The van der Waals surface area contributed by atoms with Gasteiger partial charge in [0.25, 0.3) is 0 Å². The maximum Gasteiger partial charge on any atom is 0.238 e. The fourth-order valence-electron chi connectivity index (χ4n) is 6.26. The molecule has 0 amide bonds. The summed E-state index contributed by atoms with van der Waals surface area (Å²) in [6.07, 6.45) is 3.53. The molecule has 0 unspecified atom stereocenters. The third kappa shape index (κ3) is 3.75. The van der Waals surface area contributed by atoms with Gasteiger partial charge < -0.3 is 4.42 Å². The number of furan rings is 1. The molecular weight excluding hydrogens is 542 g/mol. The molecule has 0 saturated carbocycles. The van der Waals surface area contributed by atoms with Crippen molar-refractivity contribution in [2.24, 2.45) is 0 Å². The Kier molecular flexibility index (Phi) is 5.40. The van der Waals surface area contributed by atoms with Crippen molar-refractivity contribution in [3.63, 3.8) is 0 Å². The fraction of sp³-hybridized carbons (Fsp3) is 0. The van der Waals surface area contributed by atoms with E-state index in [9.17, 15) is 0 Å². The van der Waals surface area contributed by atoms with Crippen LogP contribution >= 0.6 is 0 Å². The highest BCUT2D eigenvalue weighted by atomic mass is 16.3. The Morgan fingerprint density at radius 3 is 2.05 bits per heavy atom. The molecule has 9 aromatic rings. The molecule has 0 fully saturated rings. The Morgan fingerprint density at radius 2 is 1.18 bits per heavy atom. The third-order valence-electron chi connectivity index (χ3n) is 8.18. The van der Waals surface area contributed by atoms with E-state index in [1.54, 1.807) is 12.4 Å². The number of para-hydroxylation sites is 1. The van der Waals surface area contributed by atoms with Crippen LogP contribution in [0.1, 0.15) is 0 Å². The number of hydrogen-bond donors (Lipinski definition) is 0. The van der Waals surface area contributed by atoms with Gasteiger partial charge in [0.15, 0.2) is 17.2 Å². The minimum Gasteiger partial charge on any atom is -0.454 e. The fourth-order valence-corrected chi connectivity index (χ4v) is 6.26. The van der Waals surface area contributed by atoms with Gasteiger partial charge in [0.2, 0.25) is 5.95 Å². The highest BCUT2D eigenvalue weighted by molar-refractivity contribution is 6.16. The molecule has 0 aliphatic carbocycles. The van der Waals surface area contributed by atoms with Gasteiger partial charge in [-0.05, 0) is 35.4 Å². The molecule has 0 aliphatic rings. The van der Waals surface area contributed by atoms with E-state index in [4.69, 9.17) is 19.4 Å². The standard InChI is InChI=1S/C38H23N5O/c1-3-11-24(12-4-1)26-16-9-19-31-34(26)27-15-7-8-18-30(27)43(31)38-41-36(25-13-5-2-6-14-25)40-37(42-38)29-17-10-20-32-35(29)28-21-22-39-23-33(28)44-32/h1-23H. The van der Waals surface area contributed by atoms with Crippen LogP contribution in [0.5, 0.6) is 0 Å². The van der Waals surface area contributed by atoms with Crippen molar-refractivity contribution in [1.82, 2.24) is 24.5 Å². The molecule has 6 nitrogen and oxygen atoms in total. The summed E-state index contributed by atoms with van der Waals surface area (Å²) in [7, 11) is 0. The zero-order chi connectivity index (χ0) is 29.0. The average molecular weight is 566 g/mol. The lowest BCUT2D eigenvalue weighted by atomic mass is 9.99. The van der Waals surface area contributed by atoms with Gasteiger partial charge in [-0.1, -0.05) is 103 Å². The second kappa shape index (κ2) is 9.71. The monoisotopic (exact) mass is 565 g/mol. The summed E-state index contributed by atoms with van der Waals surface area (Å²) in [5, 5.41) is 4.22. The van der Waals surface area contributed by atoms with Crippen LogP contribution in [0.2, 0.25) is 0 Å². The van der Waals surface area contributed by atoms with Gasteiger partial charge >= 0.3 is 0 Å². The van der Waals surface area contributed by atoms with Gasteiger partial charge in [0.1, 0.15) is 5.58 Å². The van der Waals surface area contributed by atoms with E-state index in [2.05, 4.69) is 76.3 Å². The molecule has 6 heteroatoms. The van der Waals surface area contributed by atoms with Crippen molar-refractivity contribution < 1.29 is 4.42 Å². The molecule has 44 heavy (non-hydrogen) atoms. The van der Waals surface area contributed by atoms with E-state index in [1.807, 2.05) is 60.7 Å². The zero-order valence-corrected chi connectivity index (χ0v) is 23.4. The molecule has 4 aromatic heterocycles. The van der Waals surface area contributed by atoms with Gasteiger partial charge in [0.05, 0.1) is 17.2 Å². The van der Waals surface area contributed by atoms with Crippen molar-refractivity contribution in [2.45, 2.75) is 0 Å². The van der Waals surface area contributed by atoms with Crippen LogP contribution in [0.4, 0.5) is 0 Å². The van der Waals surface area contributed by atoms with Crippen molar-refractivity contribution in [1.29, 1.82) is 0 Å². The lowest BCUT2D eigenvalue weighted by Gasteiger charge is -2.11. The third-order valence-corrected chi connectivity index (χ3v) is 8.18. The summed E-state index contributed by atoms with van der Waals surface area (Å²) in [4.78, 5) is 19.6. The number of benzene rings is 5. The highest BCUT2D eigenvalue weighted by Crippen LogP contribution is 2.39. The Balaban J connectivity index is 1.38. The minimum atomic E-state index is 0.553. The van der Waals surface area contributed by atoms with Gasteiger partial charge in [-0.2, -0.15) is 9.97 Å². The predicted octanol–water partition coefficient (Wildman–Crippen LogP) is 9.26. The van der Waals surface area contributed by atoms with Crippen molar-refractivity contribution >= 4 is 43.7 Å². The van der Waals surface area contributed by atoms with Crippen LogP contribution in [0.3, 0.4) is 0 Å². The van der Waals surface area contributed by atoms with E-state index in [0.717, 1.165) is 60.4 Å². The molecule has 0 spiro atoms. The van der Waals surface area contributed by atoms with Crippen LogP contribution in [0.25, 0.3) is 83.6 Å². The summed E-state index contributed by atoms with van der Waals surface area (Å²) < 4.78 is 8.32. The number of fused-ring (bicyclic) bond motifs is 6. The molecule has 0 bridgehead atoms.